The summed E-state index contributed by atoms with van der Waals surface area (Å²) in [6.45, 7) is 6.88. The number of nitrogens with one attached hydrogen (secondary N) is 1. The Morgan fingerprint density at radius 2 is 2.15 bits per heavy atom. The van der Waals surface area contributed by atoms with E-state index in [9.17, 15) is 0 Å². The maximum absolute atomic E-state index is 5.48. The third-order valence-electron chi connectivity index (χ3n) is 1.78. The Hall–Kier alpha value is -0.680. The molecule has 0 fully saturated rings. The molecule has 1 aromatic rings. The number of rotatable bonds is 2. The molecule has 74 valence electrons. The summed E-state index contributed by atoms with van der Waals surface area (Å²) in [5, 5.41) is 6.93. The largest absolute Gasteiger partial charge is 0.330 e. The first-order valence-corrected chi connectivity index (χ1v) is 4.74. The van der Waals surface area contributed by atoms with Crippen LogP contribution in [0.3, 0.4) is 0 Å². The monoisotopic (exact) mass is 200 g/mol. The maximum Gasteiger partial charge on any atom is 0.195 e. The van der Waals surface area contributed by atoms with Gasteiger partial charge in [-0.05, 0) is 39.5 Å². The number of hydrogen-bond donors (Lipinski definition) is 2. The molecule has 1 rings (SSSR count). The predicted molar refractivity (Wildman–Crippen MR) is 55.2 cm³/mol. The van der Waals surface area contributed by atoms with Crippen molar-refractivity contribution in [3.05, 3.63) is 10.6 Å². The molecule has 1 heterocycles. The van der Waals surface area contributed by atoms with Crippen molar-refractivity contribution in [2.75, 3.05) is 6.54 Å². The molecule has 0 spiro atoms. The molecule has 0 saturated carbocycles. The predicted octanol–water partition coefficient (Wildman–Crippen LogP) is 1.20. The fourth-order valence-corrected chi connectivity index (χ4v) is 1.74. The smallest absolute Gasteiger partial charge is 0.195 e. The van der Waals surface area contributed by atoms with Crippen LogP contribution in [0, 0.1) is 4.77 Å². The minimum Gasteiger partial charge on any atom is -0.330 e. The van der Waals surface area contributed by atoms with E-state index in [0.717, 1.165) is 12.2 Å². The summed E-state index contributed by atoms with van der Waals surface area (Å²) in [6, 6.07) is 0. The standard InChI is InChI=1S/C8H16N4S/c1-8(2,3)12-6(4-5-9)10-11-7(12)13/h4-5,9H2,1-3H3,(H,11,13). The zero-order valence-electron chi connectivity index (χ0n) is 8.29. The van der Waals surface area contributed by atoms with E-state index in [1.54, 1.807) is 0 Å². The lowest BCUT2D eigenvalue weighted by Crippen LogP contribution is -2.25. The average Bonchev–Trinajstić information content (AvgIpc) is 2.31. The molecule has 1 aromatic heterocycles. The number of H-pyrrole nitrogens is 1. The fraction of sp³-hybridized carbons (Fsp3) is 0.750. The fourth-order valence-electron chi connectivity index (χ4n) is 1.32. The third kappa shape index (κ3) is 2.16. The minimum atomic E-state index is -0.0331. The van der Waals surface area contributed by atoms with Crippen LogP contribution in [0.1, 0.15) is 26.6 Å². The van der Waals surface area contributed by atoms with E-state index < -0.39 is 0 Å². The molecule has 0 bridgehead atoms. The quantitative estimate of drug-likeness (QED) is 0.705. The van der Waals surface area contributed by atoms with E-state index in [0.29, 0.717) is 11.3 Å². The number of aromatic nitrogens is 3. The molecule has 5 heteroatoms. The van der Waals surface area contributed by atoms with Crippen molar-refractivity contribution in [1.82, 2.24) is 14.8 Å². The van der Waals surface area contributed by atoms with Gasteiger partial charge in [0.15, 0.2) is 4.77 Å². The summed E-state index contributed by atoms with van der Waals surface area (Å²) in [5.74, 6) is 0.931. The molecule has 0 radical (unpaired) electrons. The van der Waals surface area contributed by atoms with Crippen LogP contribution in [0.5, 0.6) is 0 Å². The molecule has 0 saturated heterocycles. The Labute approximate surface area is 83.1 Å². The van der Waals surface area contributed by atoms with E-state index in [4.69, 9.17) is 18.0 Å². The molecule has 0 aromatic carbocycles. The van der Waals surface area contributed by atoms with E-state index in [-0.39, 0.29) is 5.54 Å². The summed E-state index contributed by atoms with van der Waals surface area (Å²) >= 11 is 5.14. The van der Waals surface area contributed by atoms with Crippen LogP contribution >= 0.6 is 12.2 Å². The molecule has 0 aliphatic heterocycles. The SMILES string of the molecule is CC(C)(C)n1c(CCN)n[nH]c1=S. The average molecular weight is 200 g/mol. The molecule has 3 N–H and O–H groups in total. The first kappa shape index (κ1) is 10.4. The summed E-state index contributed by atoms with van der Waals surface area (Å²) in [6.07, 6.45) is 0.754. The highest BCUT2D eigenvalue weighted by atomic mass is 32.1. The van der Waals surface area contributed by atoms with Crippen LogP contribution in [0.15, 0.2) is 0 Å². The van der Waals surface area contributed by atoms with Gasteiger partial charge in [0.05, 0.1) is 0 Å². The van der Waals surface area contributed by atoms with Crippen molar-refractivity contribution in [2.24, 2.45) is 5.73 Å². The topological polar surface area (TPSA) is 59.6 Å². The molecule has 0 unspecified atom stereocenters. The van der Waals surface area contributed by atoms with Gasteiger partial charge >= 0.3 is 0 Å². The lowest BCUT2D eigenvalue weighted by Gasteiger charge is -2.22. The molecule has 0 aliphatic rings. The zero-order chi connectivity index (χ0) is 10.1. The van der Waals surface area contributed by atoms with Crippen molar-refractivity contribution in [3.63, 3.8) is 0 Å². The molecule has 0 aliphatic carbocycles. The van der Waals surface area contributed by atoms with Crippen LogP contribution in [-0.4, -0.2) is 21.3 Å². The second-order valence-corrected chi connectivity index (χ2v) is 4.38. The van der Waals surface area contributed by atoms with E-state index >= 15 is 0 Å². The Kier molecular flexibility index (Phi) is 2.87. The highest BCUT2D eigenvalue weighted by Gasteiger charge is 2.18. The van der Waals surface area contributed by atoms with Gasteiger partial charge in [0.2, 0.25) is 0 Å². The second-order valence-electron chi connectivity index (χ2n) is 3.99. The molecular weight excluding hydrogens is 184 g/mol. The number of hydrogen-bond acceptors (Lipinski definition) is 3. The number of aromatic amines is 1. The minimum absolute atomic E-state index is 0.0331. The highest BCUT2D eigenvalue weighted by molar-refractivity contribution is 7.71. The van der Waals surface area contributed by atoms with Gasteiger partial charge in [-0.1, -0.05) is 0 Å². The van der Waals surface area contributed by atoms with Gasteiger partial charge in [-0.15, -0.1) is 0 Å². The van der Waals surface area contributed by atoms with E-state index in [2.05, 4.69) is 31.0 Å². The van der Waals surface area contributed by atoms with Crippen LogP contribution in [0.2, 0.25) is 0 Å². The van der Waals surface area contributed by atoms with Gasteiger partial charge in [0, 0.05) is 12.0 Å². The van der Waals surface area contributed by atoms with Crippen LogP contribution < -0.4 is 5.73 Å². The summed E-state index contributed by atoms with van der Waals surface area (Å²) < 4.78 is 2.67. The van der Waals surface area contributed by atoms with Gasteiger partial charge in [0.1, 0.15) is 5.82 Å². The van der Waals surface area contributed by atoms with Gasteiger partial charge in [-0.25, -0.2) is 0 Å². The number of nitrogens with zero attached hydrogens (tertiary/aromatic N) is 2. The van der Waals surface area contributed by atoms with Crippen LogP contribution in [-0.2, 0) is 12.0 Å². The Balaban J connectivity index is 3.17. The van der Waals surface area contributed by atoms with Crippen molar-refractivity contribution in [3.8, 4) is 0 Å². The summed E-state index contributed by atoms with van der Waals surface area (Å²) in [4.78, 5) is 0. The van der Waals surface area contributed by atoms with Crippen molar-refractivity contribution < 1.29 is 0 Å². The van der Waals surface area contributed by atoms with Crippen LogP contribution in [0.25, 0.3) is 0 Å². The number of nitrogens with two attached hydrogens (primary N) is 1. The Morgan fingerprint density at radius 1 is 1.54 bits per heavy atom. The Bertz CT molecular complexity index is 331. The lowest BCUT2D eigenvalue weighted by molar-refractivity contribution is 0.378. The van der Waals surface area contributed by atoms with E-state index in [1.807, 2.05) is 4.57 Å². The van der Waals surface area contributed by atoms with Crippen molar-refractivity contribution in [1.29, 1.82) is 0 Å². The normalized spacial score (nSPS) is 12.0. The van der Waals surface area contributed by atoms with Crippen molar-refractivity contribution >= 4 is 12.2 Å². The van der Waals surface area contributed by atoms with Gasteiger partial charge < -0.3 is 5.73 Å². The Morgan fingerprint density at radius 3 is 2.62 bits per heavy atom. The first-order valence-electron chi connectivity index (χ1n) is 4.33. The van der Waals surface area contributed by atoms with Crippen LogP contribution in [0.4, 0.5) is 0 Å². The molecule has 13 heavy (non-hydrogen) atoms. The van der Waals surface area contributed by atoms with Gasteiger partial charge in [0.25, 0.3) is 0 Å². The molecule has 0 amide bonds. The van der Waals surface area contributed by atoms with E-state index in [1.165, 1.54) is 0 Å². The van der Waals surface area contributed by atoms with Gasteiger partial charge in [-0.2, -0.15) is 5.10 Å². The second kappa shape index (κ2) is 3.59. The third-order valence-corrected chi connectivity index (χ3v) is 2.05. The highest BCUT2D eigenvalue weighted by Crippen LogP contribution is 2.16. The molecular formula is C8H16N4S. The summed E-state index contributed by atoms with van der Waals surface area (Å²) in [7, 11) is 0. The molecule has 0 atom stereocenters. The van der Waals surface area contributed by atoms with Gasteiger partial charge in [-0.3, -0.25) is 9.67 Å². The zero-order valence-corrected chi connectivity index (χ0v) is 9.11. The summed E-state index contributed by atoms with van der Waals surface area (Å²) in [5.41, 5.74) is 5.45. The molecule has 4 nitrogen and oxygen atoms in total. The lowest BCUT2D eigenvalue weighted by atomic mass is 10.1. The van der Waals surface area contributed by atoms with Crippen molar-refractivity contribution in [2.45, 2.75) is 32.7 Å². The maximum atomic E-state index is 5.48. The first-order chi connectivity index (χ1) is 5.96.